The van der Waals surface area contributed by atoms with Crippen molar-refractivity contribution in [3.63, 3.8) is 0 Å². The van der Waals surface area contributed by atoms with Crippen LogP contribution in [-0.4, -0.2) is 123 Å². The summed E-state index contributed by atoms with van der Waals surface area (Å²) in [6.45, 7) is 6.02. The van der Waals surface area contributed by atoms with Gasteiger partial charge >= 0.3 is 13.3 Å². The predicted molar refractivity (Wildman–Crippen MR) is 292 cm³/mol. The number of thiophene rings is 1. The van der Waals surface area contributed by atoms with E-state index in [1.165, 1.54) is 29.2 Å². The first-order chi connectivity index (χ1) is 38.5. The van der Waals surface area contributed by atoms with Crippen molar-refractivity contribution in [1.29, 1.82) is 0 Å². The van der Waals surface area contributed by atoms with E-state index in [0.29, 0.717) is 41.0 Å². The summed E-state index contributed by atoms with van der Waals surface area (Å²) in [6.07, 6.45) is 2.45. The van der Waals surface area contributed by atoms with Gasteiger partial charge < -0.3 is 39.7 Å². The molecule has 0 bridgehead atoms. The molecule has 2 fully saturated rings. The van der Waals surface area contributed by atoms with Gasteiger partial charge in [-0.25, -0.2) is 0 Å². The Morgan fingerprint density at radius 1 is 0.914 bits per heavy atom. The number of nitrogens with one attached hydrogen (secondary N) is 3. The van der Waals surface area contributed by atoms with E-state index in [-0.39, 0.29) is 85.3 Å². The van der Waals surface area contributed by atoms with Gasteiger partial charge in [-0.2, -0.15) is 8.78 Å². The highest BCUT2D eigenvalue weighted by Gasteiger charge is 2.51. The molecule has 19 nitrogen and oxygen atoms in total. The topological polar surface area (TPSA) is 258 Å². The Balaban J connectivity index is 0.819. The first-order valence-corrected chi connectivity index (χ1v) is 28.8. The Labute approximate surface area is 468 Å². The van der Waals surface area contributed by atoms with Crippen molar-refractivity contribution in [2.45, 2.75) is 102 Å². The Morgan fingerprint density at radius 3 is 2.42 bits per heavy atom. The molecule has 424 valence electrons. The fourth-order valence-electron chi connectivity index (χ4n) is 10.2. The molecule has 4 aliphatic heterocycles. The summed E-state index contributed by atoms with van der Waals surface area (Å²) in [7, 11) is -5.87. The van der Waals surface area contributed by atoms with Crippen molar-refractivity contribution in [2.75, 3.05) is 32.8 Å². The second kappa shape index (κ2) is 23.8. The number of benzene rings is 4. The standard InChI is InChI=1S/C58H59F2N6O13PS/c1-57(2,3)50(63-52(70)47-30-37-27-39(17-21-46(37)81-47)58(59,60)80(75,76)77)56(74)65-31-38-28-40(18-16-36(38)29-44(65)55(73)64-24-25-78-45(32-64)35-13-9-7-10-14-35)79-33-49(68)61-23-11-6-4-5-8-12-34-15-19-41-42(26-34)54(72)66(53(41)71)43-20-22-48(67)62-51(43)69/h7,9-10,13-19,21,26-28,30,43-45,50H,4-6,11,20,22-25,29,31-33H2,1-3H3,(H,61,68)(H,63,70)(H,62,67,69)(H2,75,76,77)/t43?,44-,45?,50+/m0/s1. The number of fused-ring (bicyclic) bond motifs is 3. The number of ether oxygens (including phenoxy) is 2. The van der Waals surface area contributed by atoms with Gasteiger partial charge in [-0.1, -0.05) is 81.5 Å². The van der Waals surface area contributed by atoms with E-state index in [4.69, 9.17) is 9.47 Å². The van der Waals surface area contributed by atoms with Crippen molar-refractivity contribution < 1.29 is 71.0 Å². The zero-order valence-electron chi connectivity index (χ0n) is 44.5. The van der Waals surface area contributed by atoms with Gasteiger partial charge in [0.2, 0.25) is 23.6 Å². The first-order valence-electron chi connectivity index (χ1n) is 26.4. The number of imide groups is 2. The van der Waals surface area contributed by atoms with Crippen molar-refractivity contribution in [3.05, 3.63) is 135 Å². The molecule has 5 aromatic rings. The molecular weight excluding hydrogens is 1090 g/mol. The first kappa shape index (κ1) is 58.0. The monoisotopic (exact) mass is 1150 g/mol. The van der Waals surface area contributed by atoms with Crippen molar-refractivity contribution in [1.82, 2.24) is 30.7 Å². The highest BCUT2D eigenvalue weighted by molar-refractivity contribution is 7.52. The van der Waals surface area contributed by atoms with Crippen molar-refractivity contribution in [2.24, 2.45) is 5.41 Å². The third-order valence-corrected chi connectivity index (χ3v) is 16.7. The van der Waals surface area contributed by atoms with Crippen LogP contribution >= 0.6 is 18.9 Å². The predicted octanol–water partition coefficient (Wildman–Crippen LogP) is 6.33. The smallest absolute Gasteiger partial charge is 0.399 e. The number of carbonyl (C=O) groups excluding carboxylic acids is 8. The lowest BCUT2D eigenvalue weighted by molar-refractivity contribution is -0.153. The van der Waals surface area contributed by atoms with Crippen LogP contribution in [0.5, 0.6) is 5.75 Å². The molecule has 4 aromatic carbocycles. The average Bonchev–Trinajstić information content (AvgIpc) is 4.12. The molecule has 0 radical (unpaired) electrons. The number of piperidine rings is 1. The molecule has 0 aliphatic carbocycles. The van der Waals surface area contributed by atoms with E-state index in [0.717, 1.165) is 52.3 Å². The van der Waals surface area contributed by atoms with E-state index < -0.39 is 83.9 Å². The number of nitrogens with zero attached hydrogens (tertiary/aromatic N) is 3. The summed E-state index contributed by atoms with van der Waals surface area (Å²) >= 11 is 0.944. The summed E-state index contributed by atoms with van der Waals surface area (Å²) in [5.41, 5.74) is -3.16. The van der Waals surface area contributed by atoms with Gasteiger partial charge in [0.05, 0.1) is 29.2 Å². The SMILES string of the molecule is CC(C)(C)[C@H](NC(=O)c1cc2cc(C(F)(F)P(=O)(O)O)ccc2s1)C(=O)N1Cc2cc(OCC(=O)NCCCCCC#Cc3ccc4c(c3)C(=O)N(C3CCC(=O)NC3=O)C4=O)ccc2C[C@H]1C(=O)N1CCOC(c2ccccc2)C1. The third-order valence-electron chi connectivity index (χ3n) is 14.6. The van der Waals surface area contributed by atoms with Gasteiger partial charge in [0.25, 0.3) is 23.6 Å². The van der Waals surface area contributed by atoms with Gasteiger partial charge in [0, 0.05) is 54.7 Å². The summed E-state index contributed by atoms with van der Waals surface area (Å²) in [5.74, 6) is 2.16. The normalized spacial score (nSPS) is 18.8. The number of carbonyl (C=O) groups is 8. The van der Waals surface area contributed by atoms with E-state index in [1.807, 2.05) is 30.3 Å². The zero-order valence-corrected chi connectivity index (χ0v) is 46.2. The summed E-state index contributed by atoms with van der Waals surface area (Å²) < 4.78 is 53.3. The molecular formula is C58H59F2N6O13PS. The van der Waals surface area contributed by atoms with Gasteiger partial charge in [0.1, 0.15) is 30.0 Å². The Kier molecular flexibility index (Phi) is 17.0. The zero-order chi connectivity index (χ0) is 58.0. The second-order valence-corrected chi connectivity index (χ2v) is 24.1. The molecule has 23 heteroatoms. The molecule has 0 spiro atoms. The molecule has 2 unspecified atom stereocenters. The lowest BCUT2D eigenvalue weighted by Crippen LogP contribution is -2.61. The fraction of sp³-hybridized carbons (Fsp3) is 0.379. The van der Waals surface area contributed by atoms with E-state index in [9.17, 15) is 56.7 Å². The molecule has 0 saturated carbocycles. The minimum Gasteiger partial charge on any atom is -0.484 e. The van der Waals surface area contributed by atoms with Gasteiger partial charge in [0.15, 0.2) is 6.61 Å². The molecule has 8 amide bonds. The van der Waals surface area contributed by atoms with E-state index in [2.05, 4.69) is 27.8 Å². The molecule has 1 aromatic heterocycles. The number of halogens is 2. The minimum absolute atomic E-state index is 0.0246. The van der Waals surface area contributed by atoms with Crippen molar-refractivity contribution >= 4 is 76.3 Å². The Morgan fingerprint density at radius 2 is 1.68 bits per heavy atom. The van der Waals surface area contributed by atoms with E-state index in [1.54, 1.807) is 49.9 Å². The van der Waals surface area contributed by atoms with Crippen LogP contribution < -0.4 is 20.7 Å². The van der Waals surface area contributed by atoms with Gasteiger partial charge in [-0.05, 0) is 95.3 Å². The molecule has 4 atom stereocenters. The summed E-state index contributed by atoms with van der Waals surface area (Å²) in [5, 5.41) is 8.02. The largest absolute Gasteiger partial charge is 0.484 e. The fourth-order valence-corrected chi connectivity index (χ4v) is 11.6. The Bertz CT molecular complexity index is 3460. The second-order valence-electron chi connectivity index (χ2n) is 21.4. The maximum atomic E-state index is 15.1. The number of morpholine rings is 1. The minimum atomic E-state index is -5.87. The highest BCUT2D eigenvalue weighted by atomic mass is 32.1. The molecule has 4 aliphatic rings. The quantitative estimate of drug-likeness (QED) is 0.0314. The van der Waals surface area contributed by atoms with Crippen LogP contribution in [0.25, 0.3) is 10.1 Å². The number of unbranched alkanes of at least 4 members (excludes halogenated alkanes) is 3. The summed E-state index contributed by atoms with van der Waals surface area (Å²) in [4.78, 5) is 130. The van der Waals surface area contributed by atoms with Crippen LogP contribution in [0.1, 0.15) is 124 Å². The lowest BCUT2D eigenvalue weighted by atomic mass is 9.84. The molecule has 9 rings (SSSR count). The van der Waals surface area contributed by atoms with Crippen LogP contribution in [0.15, 0.2) is 91.0 Å². The highest BCUT2D eigenvalue weighted by Crippen LogP contribution is 2.59. The molecule has 5 heterocycles. The summed E-state index contributed by atoms with van der Waals surface area (Å²) in [6, 6.07) is 20.4. The maximum absolute atomic E-state index is 15.1. The number of amides is 8. The number of hydrogen-bond acceptors (Lipinski definition) is 12. The van der Waals surface area contributed by atoms with Gasteiger partial charge in [-0.3, -0.25) is 53.1 Å². The lowest BCUT2D eigenvalue weighted by Gasteiger charge is -2.43. The molecule has 81 heavy (non-hydrogen) atoms. The third kappa shape index (κ3) is 12.8. The van der Waals surface area contributed by atoms with Crippen molar-refractivity contribution in [3.8, 4) is 17.6 Å². The molecule has 2 saturated heterocycles. The van der Waals surface area contributed by atoms with Crippen LogP contribution in [0.4, 0.5) is 8.78 Å². The maximum Gasteiger partial charge on any atom is 0.399 e. The van der Waals surface area contributed by atoms with Crippen LogP contribution in [0.2, 0.25) is 0 Å². The molecule has 5 N–H and O–H groups in total. The average molecular weight is 1150 g/mol. The van der Waals surface area contributed by atoms with Gasteiger partial charge in [-0.15, -0.1) is 11.3 Å². The Hall–Kier alpha value is -7.67. The number of alkyl halides is 2. The van der Waals surface area contributed by atoms with Crippen LogP contribution in [0.3, 0.4) is 0 Å². The number of hydrogen-bond donors (Lipinski definition) is 5. The number of rotatable bonds is 16. The van der Waals surface area contributed by atoms with E-state index >= 15 is 4.79 Å². The van der Waals surface area contributed by atoms with Crippen LogP contribution in [0, 0.1) is 17.3 Å². The van der Waals surface area contributed by atoms with Crippen LogP contribution in [-0.2, 0) is 51.9 Å².